The van der Waals surface area contributed by atoms with Gasteiger partial charge in [0.15, 0.2) is 16.6 Å². The molecule has 0 bridgehead atoms. The predicted molar refractivity (Wildman–Crippen MR) is 100 cm³/mol. The van der Waals surface area contributed by atoms with Crippen LogP contribution in [-0.2, 0) is 6.54 Å². The Morgan fingerprint density at radius 2 is 1.58 bits per heavy atom. The SMILES string of the molecule is COc1ccc(C)cc1NC(=S)NCc1ccc(OC)c(OC)c1. The quantitative estimate of drug-likeness (QED) is 0.781. The molecule has 0 heterocycles. The number of benzene rings is 2. The summed E-state index contributed by atoms with van der Waals surface area (Å²) in [6.45, 7) is 2.59. The molecule has 6 heteroatoms. The molecule has 24 heavy (non-hydrogen) atoms. The fourth-order valence-electron chi connectivity index (χ4n) is 2.26. The number of hydrogen-bond acceptors (Lipinski definition) is 4. The molecule has 0 spiro atoms. The lowest BCUT2D eigenvalue weighted by atomic mass is 10.2. The molecule has 2 N–H and O–H groups in total. The van der Waals surface area contributed by atoms with Gasteiger partial charge in [-0.25, -0.2) is 0 Å². The van der Waals surface area contributed by atoms with Crippen molar-refractivity contribution in [2.24, 2.45) is 0 Å². The zero-order valence-electron chi connectivity index (χ0n) is 14.3. The van der Waals surface area contributed by atoms with E-state index in [0.717, 1.165) is 22.6 Å². The van der Waals surface area contributed by atoms with Gasteiger partial charge in [-0.3, -0.25) is 0 Å². The highest BCUT2D eigenvalue weighted by Gasteiger charge is 2.07. The first kappa shape index (κ1) is 17.9. The van der Waals surface area contributed by atoms with E-state index in [1.165, 1.54) is 0 Å². The van der Waals surface area contributed by atoms with Crippen LogP contribution in [0.15, 0.2) is 36.4 Å². The lowest BCUT2D eigenvalue weighted by Crippen LogP contribution is -2.28. The molecule has 2 aromatic rings. The Bertz CT molecular complexity index is 719. The second-order valence-corrected chi connectivity index (χ2v) is 5.61. The third kappa shape index (κ3) is 4.52. The van der Waals surface area contributed by atoms with E-state index in [-0.39, 0.29) is 0 Å². The predicted octanol–water partition coefficient (Wildman–Crippen LogP) is 3.51. The summed E-state index contributed by atoms with van der Waals surface area (Å²) < 4.78 is 15.9. The molecule has 128 valence electrons. The van der Waals surface area contributed by atoms with Gasteiger partial charge in [-0.2, -0.15) is 0 Å². The molecule has 0 aliphatic heterocycles. The van der Waals surface area contributed by atoms with Crippen LogP contribution in [0.3, 0.4) is 0 Å². The van der Waals surface area contributed by atoms with Crippen LogP contribution in [0.2, 0.25) is 0 Å². The Labute approximate surface area is 147 Å². The Hall–Kier alpha value is -2.47. The van der Waals surface area contributed by atoms with Gasteiger partial charge in [0.05, 0.1) is 27.0 Å². The molecular weight excluding hydrogens is 324 g/mol. The Morgan fingerprint density at radius 1 is 0.917 bits per heavy atom. The summed E-state index contributed by atoms with van der Waals surface area (Å²) in [7, 11) is 4.87. The molecule has 0 aliphatic carbocycles. The lowest BCUT2D eigenvalue weighted by Gasteiger charge is -2.15. The van der Waals surface area contributed by atoms with Crippen LogP contribution in [0, 0.1) is 6.92 Å². The normalized spacial score (nSPS) is 10.0. The van der Waals surface area contributed by atoms with E-state index in [1.807, 2.05) is 43.3 Å². The van der Waals surface area contributed by atoms with E-state index in [2.05, 4.69) is 10.6 Å². The highest BCUT2D eigenvalue weighted by atomic mass is 32.1. The van der Waals surface area contributed by atoms with Crippen molar-refractivity contribution in [2.75, 3.05) is 26.6 Å². The average molecular weight is 346 g/mol. The van der Waals surface area contributed by atoms with E-state index in [0.29, 0.717) is 23.2 Å². The van der Waals surface area contributed by atoms with E-state index in [4.69, 9.17) is 26.4 Å². The second-order valence-electron chi connectivity index (χ2n) is 5.20. The fourth-order valence-corrected chi connectivity index (χ4v) is 2.44. The number of anilines is 1. The van der Waals surface area contributed by atoms with Gasteiger partial charge >= 0.3 is 0 Å². The van der Waals surface area contributed by atoms with Crippen LogP contribution in [0.5, 0.6) is 17.2 Å². The third-order valence-corrected chi connectivity index (χ3v) is 3.75. The Morgan fingerprint density at radius 3 is 2.25 bits per heavy atom. The summed E-state index contributed by atoms with van der Waals surface area (Å²) in [5.74, 6) is 2.14. The molecule has 0 fully saturated rings. The first-order valence-electron chi connectivity index (χ1n) is 7.47. The number of methoxy groups -OCH3 is 3. The molecule has 2 aromatic carbocycles. The van der Waals surface area contributed by atoms with Crippen molar-refractivity contribution in [1.82, 2.24) is 5.32 Å². The first-order valence-corrected chi connectivity index (χ1v) is 7.88. The summed E-state index contributed by atoms with van der Waals surface area (Å²) >= 11 is 5.36. The van der Waals surface area contributed by atoms with Crippen molar-refractivity contribution in [3.8, 4) is 17.2 Å². The van der Waals surface area contributed by atoms with E-state index >= 15 is 0 Å². The van der Waals surface area contributed by atoms with Crippen LogP contribution in [0.25, 0.3) is 0 Å². The Balaban J connectivity index is 2.00. The summed E-state index contributed by atoms with van der Waals surface area (Å²) in [5.41, 5.74) is 3.00. The van der Waals surface area contributed by atoms with Gasteiger partial charge in [-0.1, -0.05) is 12.1 Å². The molecule has 0 unspecified atom stereocenters. The van der Waals surface area contributed by atoms with E-state index < -0.39 is 0 Å². The van der Waals surface area contributed by atoms with Gasteiger partial charge in [0.2, 0.25) is 0 Å². The smallest absolute Gasteiger partial charge is 0.171 e. The van der Waals surface area contributed by atoms with Crippen LogP contribution >= 0.6 is 12.2 Å². The third-order valence-electron chi connectivity index (χ3n) is 3.50. The molecule has 0 radical (unpaired) electrons. The van der Waals surface area contributed by atoms with E-state index in [9.17, 15) is 0 Å². The number of hydrogen-bond donors (Lipinski definition) is 2. The molecule has 0 atom stereocenters. The zero-order valence-corrected chi connectivity index (χ0v) is 15.1. The van der Waals surface area contributed by atoms with Crippen LogP contribution in [-0.4, -0.2) is 26.4 Å². The van der Waals surface area contributed by atoms with Crippen molar-refractivity contribution in [1.29, 1.82) is 0 Å². The molecule has 2 rings (SSSR count). The van der Waals surface area contributed by atoms with Crippen molar-refractivity contribution in [3.05, 3.63) is 47.5 Å². The molecule has 0 aliphatic rings. The molecule has 0 saturated heterocycles. The maximum absolute atomic E-state index is 5.36. The summed E-state index contributed by atoms with van der Waals surface area (Å²) in [6, 6.07) is 11.6. The van der Waals surface area contributed by atoms with Gasteiger partial charge < -0.3 is 24.8 Å². The molecular formula is C18H22N2O3S. The van der Waals surface area contributed by atoms with E-state index in [1.54, 1.807) is 21.3 Å². The largest absolute Gasteiger partial charge is 0.495 e. The number of ether oxygens (including phenoxy) is 3. The second kappa shape index (κ2) is 8.40. The monoisotopic (exact) mass is 346 g/mol. The zero-order chi connectivity index (χ0) is 17.5. The minimum absolute atomic E-state index is 0.522. The van der Waals surface area contributed by atoms with Crippen LogP contribution in [0.1, 0.15) is 11.1 Å². The maximum atomic E-state index is 5.36. The number of nitrogens with one attached hydrogen (secondary N) is 2. The topological polar surface area (TPSA) is 51.8 Å². The Kier molecular flexibility index (Phi) is 6.26. The van der Waals surface area contributed by atoms with Crippen molar-refractivity contribution in [2.45, 2.75) is 13.5 Å². The van der Waals surface area contributed by atoms with Gasteiger partial charge in [0.25, 0.3) is 0 Å². The summed E-state index contributed by atoms with van der Waals surface area (Å²) in [4.78, 5) is 0. The number of rotatable bonds is 6. The number of thiocarbonyl (C=S) groups is 1. The van der Waals surface area contributed by atoms with Crippen molar-refractivity contribution < 1.29 is 14.2 Å². The van der Waals surface area contributed by atoms with Crippen molar-refractivity contribution >= 4 is 23.0 Å². The van der Waals surface area contributed by atoms with Gasteiger partial charge in [-0.05, 0) is 54.5 Å². The van der Waals surface area contributed by atoms with Crippen molar-refractivity contribution in [3.63, 3.8) is 0 Å². The summed E-state index contributed by atoms with van der Waals surface area (Å²) in [6.07, 6.45) is 0. The minimum atomic E-state index is 0.522. The maximum Gasteiger partial charge on any atom is 0.171 e. The van der Waals surface area contributed by atoms with Gasteiger partial charge in [0.1, 0.15) is 5.75 Å². The molecule has 0 saturated carbocycles. The van der Waals surface area contributed by atoms with Crippen LogP contribution in [0.4, 0.5) is 5.69 Å². The standard InChI is InChI=1S/C18H22N2O3S/c1-12-5-7-15(21-2)14(9-12)20-18(24)19-11-13-6-8-16(22-3)17(10-13)23-4/h5-10H,11H2,1-4H3,(H2,19,20,24). The molecule has 0 amide bonds. The minimum Gasteiger partial charge on any atom is -0.495 e. The molecule has 5 nitrogen and oxygen atoms in total. The van der Waals surface area contributed by atoms with Gasteiger partial charge in [-0.15, -0.1) is 0 Å². The highest BCUT2D eigenvalue weighted by Crippen LogP contribution is 2.27. The summed E-state index contributed by atoms with van der Waals surface area (Å²) in [5, 5.41) is 6.86. The van der Waals surface area contributed by atoms with Gasteiger partial charge in [0, 0.05) is 6.54 Å². The first-order chi connectivity index (χ1) is 11.6. The van der Waals surface area contributed by atoms with Crippen LogP contribution < -0.4 is 24.8 Å². The molecule has 0 aromatic heterocycles. The average Bonchev–Trinajstić information content (AvgIpc) is 2.59. The fraction of sp³-hybridized carbons (Fsp3) is 0.278. The number of aryl methyl sites for hydroxylation is 1. The lowest BCUT2D eigenvalue weighted by molar-refractivity contribution is 0.354. The highest BCUT2D eigenvalue weighted by molar-refractivity contribution is 7.80.